The normalized spacial score (nSPS) is 18.2. The van der Waals surface area contributed by atoms with Gasteiger partial charge in [-0.2, -0.15) is 5.10 Å². The maximum Gasteiger partial charge on any atom is 0.199 e. The molecule has 1 fully saturated rings. The zero-order valence-corrected chi connectivity index (χ0v) is 15.9. The molecule has 0 amide bonds. The van der Waals surface area contributed by atoms with Crippen LogP contribution in [0.2, 0.25) is 0 Å². The van der Waals surface area contributed by atoms with Gasteiger partial charge in [-0.15, -0.1) is 17.9 Å². The highest BCUT2D eigenvalue weighted by molar-refractivity contribution is 7.71. The van der Waals surface area contributed by atoms with Crippen LogP contribution in [-0.4, -0.2) is 30.8 Å². The molecule has 2 aromatic heterocycles. The Hall–Kier alpha value is -1.83. The first-order valence-electron chi connectivity index (χ1n) is 8.52. The lowest BCUT2D eigenvalue weighted by Gasteiger charge is -2.22. The van der Waals surface area contributed by atoms with Crippen molar-refractivity contribution in [2.45, 2.75) is 39.0 Å². The lowest BCUT2D eigenvalue weighted by Crippen LogP contribution is -2.27. The Kier molecular flexibility index (Phi) is 4.54. The lowest BCUT2D eigenvalue weighted by molar-refractivity contribution is 0.189. The Morgan fingerprint density at radius 3 is 3.04 bits per heavy atom. The summed E-state index contributed by atoms with van der Waals surface area (Å²) in [6.07, 6.45) is 4.17. The molecule has 1 atom stereocenters. The first kappa shape index (κ1) is 16.6. The standard InChI is InChI=1S/C18H21N5S2/c1-3-10-22-13(2)20-23(18(22)24)12-21-11-6-8-15(21)17-19-14-7-4-5-9-16(14)25-17/h3-5,7,9,15H,1,6,8,10-12H2,2H3/t15-/m0/s1. The van der Waals surface area contributed by atoms with E-state index in [2.05, 4.69) is 34.8 Å². The van der Waals surface area contributed by atoms with E-state index in [1.165, 1.54) is 16.1 Å². The van der Waals surface area contributed by atoms with Gasteiger partial charge in [0.05, 0.1) is 22.9 Å². The van der Waals surface area contributed by atoms with E-state index in [4.69, 9.17) is 17.2 Å². The van der Waals surface area contributed by atoms with E-state index >= 15 is 0 Å². The first-order chi connectivity index (χ1) is 12.2. The Bertz CT molecular complexity index is 934. The second kappa shape index (κ2) is 6.82. The molecule has 0 spiro atoms. The van der Waals surface area contributed by atoms with Gasteiger partial charge in [0.1, 0.15) is 10.8 Å². The Morgan fingerprint density at radius 2 is 2.24 bits per heavy atom. The number of allylic oxidation sites excluding steroid dienone is 1. The maximum absolute atomic E-state index is 5.60. The summed E-state index contributed by atoms with van der Waals surface area (Å²) < 4.78 is 5.96. The fourth-order valence-corrected chi connectivity index (χ4v) is 4.90. The number of nitrogens with zero attached hydrogens (tertiary/aromatic N) is 5. The zero-order valence-electron chi connectivity index (χ0n) is 14.3. The molecule has 1 aliphatic heterocycles. The number of likely N-dealkylation sites (tertiary alicyclic amines) is 1. The van der Waals surface area contributed by atoms with Crippen molar-refractivity contribution in [2.75, 3.05) is 6.54 Å². The molecule has 25 heavy (non-hydrogen) atoms. The van der Waals surface area contributed by atoms with Crippen LogP contribution in [0.5, 0.6) is 0 Å². The average Bonchev–Trinajstić information content (AvgIpc) is 3.29. The highest BCUT2D eigenvalue weighted by Gasteiger charge is 2.29. The number of benzene rings is 1. The number of thiazole rings is 1. The summed E-state index contributed by atoms with van der Waals surface area (Å²) >= 11 is 7.40. The molecular weight excluding hydrogens is 350 g/mol. The minimum absolute atomic E-state index is 0.351. The van der Waals surface area contributed by atoms with Crippen molar-refractivity contribution in [3.63, 3.8) is 0 Å². The van der Waals surface area contributed by atoms with E-state index in [-0.39, 0.29) is 0 Å². The van der Waals surface area contributed by atoms with Crippen molar-refractivity contribution in [2.24, 2.45) is 0 Å². The van der Waals surface area contributed by atoms with Crippen LogP contribution >= 0.6 is 23.6 Å². The van der Waals surface area contributed by atoms with Crippen LogP contribution < -0.4 is 0 Å². The number of fused-ring (bicyclic) bond motifs is 1. The van der Waals surface area contributed by atoms with Crippen LogP contribution in [0, 0.1) is 11.7 Å². The molecule has 1 saturated heterocycles. The summed E-state index contributed by atoms with van der Waals surface area (Å²) in [6, 6.07) is 8.71. The number of aryl methyl sites for hydroxylation is 1. The first-order valence-corrected chi connectivity index (χ1v) is 9.74. The van der Waals surface area contributed by atoms with Gasteiger partial charge in [0.15, 0.2) is 4.77 Å². The molecule has 130 valence electrons. The molecule has 4 rings (SSSR count). The van der Waals surface area contributed by atoms with Crippen LogP contribution in [0.25, 0.3) is 10.2 Å². The molecule has 7 heteroatoms. The molecule has 0 aliphatic carbocycles. The number of para-hydroxylation sites is 1. The number of hydrogen-bond donors (Lipinski definition) is 0. The predicted molar refractivity (Wildman–Crippen MR) is 104 cm³/mol. The molecular formula is C18H21N5S2. The number of rotatable bonds is 5. The second-order valence-corrected chi connectivity index (χ2v) is 7.79. The lowest BCUT2D eigenvalue weighted by atomic mass is 10.2. The highest BCUT2D eigenvalue weighted by Crippen LogP contribution is 2.36. The summed E-state index contributed by atoms with van der Waals surface area (Å²) in [6.45, 7) is 8.26. The number of aromatic nitrogens is 4. The van der Waals surface area contributed by atoms with Crippen molar-refractivity contribution in [1.82, 2.24) is 24.2 Å². The van der Waals surface area contributed by atoms with Gasteiger partial charge in [0.25, 0.3) is 0 Å². The molecule has 0 saturated carbocycles. The van der Waals surface area contributed by atoms with E-state index in [0.717, 1.165) is 29.1 Å². The Labute approximate surface area is 156 Å². The minimum atomic E-state index is 0.351. The van der Waals surface area contributed by atoms with Crippen molar-refractivity contribution in [1.29, 1.82) is 0 Å². The third-order valence-electron chi connectivity index (χ3n) is 4.69. The largest absolute Gasteiger partial charge is 0.300 e. The van der Waals surface area contributed by atoms with Crippen LogP contribution in [0.3, 0.4) is 0 Å². The Morgan fingerprint density at radius 1 is 1.40 bits per heavy atom. The van der Waals surface area contributed by atoms with Crippen LogP contribution in [0.1, 0.15) is 29.7 Å². The van der Waals surface area contributed by atoms with Crippen LogP contribution in [0.15, 0.2) is 36.9 Å². The van der Waals surface area contributed by atoms with Crippen molar-refractivity contribution in [3.8, 4) is 0 Å². The van der Waals surface area contributed by atoms with E-state index in [1.54, 1.807) is 11.3 Å². The molecule has 0 radical (unpaired) electrons. The molecule has 1 aliphatic rings. The van der Waals surface area contributed by atoms with Gasteiger partial charge >= 0.3 is 0 Å². The highest BCUT2D eigenvalue weighted by atomic mass is 32.1. The van der Waals surface area contributed by atoms with Gasteiger partial charge in [-0.3, -0.25) is 4.90 Å². The van der Waals surface area contributed by atoms with Crippen molar-refractivity contribution >= 4 is 33.8 Å². The van der Waals surface area contributed by atoms with E-state index < -0.39 is 0 Å². The monoisotopic (exact) mass is 371 g/mol. The van der Waals surface area contributed by atoms with Crippen LogP contribution in [0.4, 0.5) is 0 Å². The fourth-order valence-electron chi connectivity index (χ4n) is 3.46. The summed E-state index contributed by atoms with van der Waals surface area (Å²) in [5.74, 6) is 0.931. The fraction of sp³-hybridized carbons (Fsp3) is 0.389. The van der Waals surface area contributed by atoms with Crippen molar-refractivity contribution < 1.29 is 0 Å². The molecule has 3 heterocycles. The quantitative estimate of drug-likeness (QED) is 0.495. The average molecular weight is 372 g/mol. The zero-order chi connectivity index (χ0) is 17.4. The van der Waals surface area contributed by atoms with Crippen LogP contribution in [-0.2, 0) is 13.2 Å². The van der Waals surface area contributed by atoms with Gasteiger partial charge in [-0.25, -0.2) is 9.67 Å². The van der Waals surface area contributed by atoms with E-state index in [1.807, 2.05) is 28.3 Å². The van der Waals surface area contributed by atoms with Gasteiger partial charge in [0, 0.05) is 13.1 Å². The van der Waals surface area contributed by atoms with E-state index in [9.17, 15) is 0 Å². The molecule has 0 N–H and O–H groups in total. The van der Waals surface area contributed by atoms with E-state index in [0.29, 0.717) is 19.3 Å². The third kappa shape index (κ3) is 3.07. The molecule has 5 nitrogen and oxygen atoms in total. The Balaban J connectivity index is 1.61. The summed E-state index contributed by atoms with van der Waals surface area (Å²) in [5, 5.41) is 5.83. The van der Waals surface area contributed by atoms with Gasteiger partial charge < -0.3 is 4.57 Å². The SMILES string of the molecule is C=CCn1c(C)nn(CN2CCC[C@H]2c2nc3ccccc3s2)c1=S. The molecule has 1 aromatic carbocycles. The number of hydrogen-bond acceptors (Lipinski definition) is 5. The summed E-state index contributed by atoms with van der Waals surface area (Å²) in [4.78, 5) is 7.31. The summed E-state index contributed by atoms with van der Waals surface area (Å²) in [7, 11) is 0. The predicted octanol–water partition coefficient (Wildman–Crippen LogP) is 4.31. The minimum Gasteiger partial charge on any atom is -0.300 e. The maximum atomic E-state index is 5.60. The third-order valence-corrected chi connectivity index (χ3v) is 6.26. The van der Waals surface area contributed by atoms with Crippen molar-refractivity contribution in [3.05, 3.63) is 52.5 Å². The molecule has 0 unspecified atom stereocenters. The van der Waals surface area contributed by atoms with Gasteiger partial charge in [0.2, 0.25) is 0 Å². The summed E-state index contributed by atoms with van der Waals surface area (Å²) in [5.41, 5.74) is 1.09. The van der Waals surface area contributed by atoms with Gasteiger partial charge in [-0.1, -0.05) is 18.2 Å². The topological polar surface area (TPSA) is 38.9 Å². The van der Waals surface area contributed by atoms with Gasteiger partial charge in [-0.05, 0) is 44.1 Å². The molecule has 0 bridgehead atoms. The second-order valence-electron chi connectivity index (χ2n) is 6.36. The smallest absolute Gasteiger partial charge is 0.199 e. The molecule has 3 aromatic rings.